The fourth-order valence-corrected chi connectivity index (χ4v) is 3.87. The molecular weight excluding hydrogens is 382 g/mol. The summed E-state index contributed by atoms with van der Waals surface area (Å²) in [5.41, 5.74) is 0.909. The minimum atomic E-state index is -0.270. The number of ether oxygens (including phenoxy) is 2. The molecule has 0 bridgehead atoms. The average molecular weight is 404 g/mol. The van der Waals surface area contributed by atoms with Crippen LogP contribution in [0.1, 0.15) is 20.8 Å². The van der Waals surface area contributed by atoms with Crippen molar-refractivity contribution in [1.29, 1.82) is 0 Å². The van der Waals surface area contributed by atoms with E-state index in [0.717, 1.165) is 22.1 Å². The Balaban J connectivity index is 1.91. The molecule has 8 heteroatoms. The Kier molecular flexibility index (Phi) is 6.52. The second-order valence-electron chi connectivity index (χ2n) is 5.87. The summed E-state index contributed by atoms with van der Waals surface area (Å²) in [4.78, 5) is 12.9. The molecule has 0 fully saturated rings. The van der Waals surface area contributed by atoms with E-state index >= 15 is 0 Å². The van der Waals surface area contributed by atoms with Crippen LogP contribution in [0.4, 0.5) is 0 Å². The van der Waals surface area contributed by atoms with Gasteiger partial charge in [-0.1, -0.05) is 17.8 Å². The highest BCUT2D eigenvalue weighted by atomic mass is 32.2. The van der Waals surface area contributed by atoms with Crippen molar-refractivity contribution in [2.45, 2.75) is 32.0 Å². The molecule has 0 saturated carbocycles. The van der Waals surface area contributed by atoms with Crippen molar-refractivity contribution < 1.29 is 14.3 Å². The molecular formula is C19H21N3O3S2. The number of thioether (sulfide) groups is 1. The van der Waals surface area contributed by atoms with Crippen molar-refractivity contribution in [1.82, 2.24) is 14.8 Å². The third kappa shape index (κ3) is 4.90. The number of benzene rings is 1. The van der Waals surface area contributed by atoms with Crippen LogP contribution in [0.3, 0.4) is 0 Å². The fourth-order valence-electron chi connectivity index (χ4n) is 2.44. The maximum atomic E-state index is 11.9. The van der Waals surface area contributed by atoms with Gasteiger partial charge in [-0.05, 0) is 56.5 Å². The molecule has 0 saturated heterocycles. The second kappa shape index (κ2) is 9.05. The Morgan fingerprint density at radius 2 is 2.00 bits per heavy atom. The zero-order valence-corrected chi connectivity index (χ0v) is 17.0. The number of carbonyl (C=O) groups excluding carboxylic acids is 1. The Hall–Kier alpha value is -2.32. The van der Waals surface area contributed by atoms with Crippen molar-refractivity contribution in [3.63, 3.8) is 0 Å². The molecule has 0 aliphatic rings. The van der Waals surface area contributed by atoms with Crippen LogP contribution in [0.25, 0.3) is 16.4 Å². The third-order valence-corrected chi connectivity index (χ3v) is 5.24. The summed E-state index contributed by atoms with van der Waals surface area (Å²) in [7, 11) is 0. The maximum absolute atomic E-state index is 11.9. The second-order valence-corrected chi connectivity index (χ2v) is 7.76. The van der Waals surface area contributed by atoms with Crippen molar-refractivity contribution in [3.05, 3.63) is 41.8 Å². The van der Waals surface area contributed by atoms with Crippen LogP contribution >= 0.6 is 23.1 Å². The number of hydrogen-bond acceptors (Lipinski definition) is 7. The number of hydrogen-bond donors (Lipinski definition) is 0. The van der Waals surface area contributed by atoms with E-state index < -0.39 is 0 Å². The minimum Gasteiger partial charge on any atom is -0.494 e. The third-order valence-electron chi connectivity index (χ3n) is 3.47. The summed E-state index contributed by atoms with van der Waals surface area (Å²) < 4.78 is 12.7. The summed E-state index contributed by atoms with van der Waals surface area (Å²) >= 11 is 2.91. The van der Waals surface area contributed by atoms with Gasteiger partial charge in [0.2, 0.25) is 0 Å². The monoisotopic (exact) mass is 403 g/mol. The van der Waals surface area contributed by atoms with Gasteiger partial charge >= 0.3 is 5.97 Å². The molecule has 2 aromatic heterocycles. The normalized spacial score (nSPS) is 11.0. The van der Waals surface area contributed by atoms with E-state index in [1.54, 1.807) is 11.3 Å². The average Bonchev–Trinajstić information content (AvgIpc) is 3.30. The van der Waals surface area contributed by atoms with Crippen LogP contribution in [0.15, 0.2) is 46.9 Å². The molecule has 1 aromatic carbocycles. The van der Waals surface area contributed by atoms with Crippen LogP contribution in [-0.2, 0) is 9.53 Å². The summed E-state index contributed by atoms with van der Waals surface area (Å²) in [6.45, 7) is 6.23. The summed E-state index contributed by atoms with van der Waals surface area (Å²) in [5, 5.41) is 11.3. The van der Waals surface area contributed by atoms with Gasteiger partial charge in [-0.2, -0.15) is 0 Å². The fraction of sp³-hybridized carbons (Fsp3) is 0.316. The van der Waals surface area contributed by atoms with E-state index in [-0.39, 0.29) is 17.8 Å². The Bertz CT molecular complexity index is 874. The van der Waals surface area contributed by atoms with Gasteiger partial charge in [0.25, 0.3) is 0 Å². The van der Waals surface area contributed by atoms with E-state index in [0.29, 0.717) is 11.8 Å². The lowest BCUT2D eigenvalue weighted by atomic mass is 10.3. The molecule has 0 atom stereocenters. The van der Waals surface area contributed by atoms with Crippen LogP contribution < -0.4 is 4.74 Å². The smallest absolute Gasteiger partial charge is 0.316 e. The van der Waals surface area contributed by atoms with E-state index in [1.165, 1.54) is 11.8 Å². The van der Waals surface area contributed by atoms with E-state index in [9.17, 15) is 4.79 Å². The summed E-state index contributed by atoms with van der Waals surface area (Å²) in [6, 6.07) is 11.7. The quantitative estimate of drug-likeness (QED) is 0.409. The van der Waals surface area contributed by atoms with Gasteiger partial charge in [0.1, 0.15) is 5.75 Å². The molecule has 0 N–H and O–H groups in total. The van der Waals surface area contributed by atoms with Crippen LogP contribution in [0.2, 0.25) is 0 Å². The number of carbonyl (C=O) groups is 1. The molecule has 0 aliphatic heterocycles. The highest BCUT2D eigenvalue weighted by molar-refractivity contribution is 7.99. The maximum Gasteiger partial charge on any atom is 0.316 e. The first-order valence-corrected chi connectivity index (χ1v) is 10.5. The number of thiophene rings is 1. The SMILES string of the molecule is CCOc1ccc(-n2c(SCC(=O)OC(C)C)nnc2-c2cccs2)cc1. The molecule has 3 aromatic rings. The van der Waals surface area contributed by atoms with E-state index in [1.807, 2.05) is 67.1 Å². The highest BCUT2D eigenvalue weighted by Crippen LogP contribution is 2.31. The zero-order chi connectivity index (χ0) is 19.2. The van der Waals surface area contributed by atoms with E-state index in [2.05, 4.69) is 10.2 Å². The van der Waals surface area contributed by atoms with Gasteiger partial charge in [-0.25, -0.2) is 0 Å². The minimum absolute atomic E-state index is 0.135. The number of aromatic nitrogens is 3. The van der Waals surface area contributed by atoms with Crippen molar-refractivity contribution in [3.8, 4) is 22.1 Å². The van der Waals surface area contributed by atoms with E-state index in [4.69, 9.17) is 9.47 Å². The Labute approximate surface area is 166 Å². The number of rotatable bonds is 8. The highest BCUT2D eigenvalue weighted by Gasteiger charge is 2.18. The molecule has 142 valence electrons. The van der Waals surface area contributed by atoms with Crippen LogP contribution in [0.5, 0.6) is 5.75 Å². The lowest BCUT2D eigenvalue weighted by Crippen LogP contribution is -2.13. The predicted molar refractivity (Wildman–Crippen MR) is 108 cm³/mol. The number of esters is 1. The molecule has 0 unspecified atom stereocenters. The summed E-state index contributed by atoms with van der Waals surface area (Å²) in [6.07, 6.45) is -0.135. The lowest BCUT2D eigenvalue weighted by Gasteiger charge is -2.11. The number of nitrogens with zero attached hydrogens (tertiary/aromatic N) is 3. The summed E-state index contributed by atoms with van der Waals surface area (Å²) in [5.74, 6) is 1.46. The van der Waals surface area contributed by atoms with Crippen molar-refractivity contribution in [2.24, 2.45) is 0 Å². The van der Waals surface area contributed by atoms with Crippen molar-refractivity contribution >= 4 is 29.1 Å². The molecule has 2 heterocycles. The Morgan fingerprint density at radius 1 is 1.22 bits per heavy atom. The van der Waals surface area contributed by atoms with Gasteiger partial charge in [0, 0.05) is 0 Å². The van der Waals surface area contributed by atoms with Gasteiger partial charge in [-0.15, -0.1) is 21.5 Å². The molecule has 6 nitrogen and oxygen atoms in total. The predicted octanol–water partition coefficient (Wildman–Crippen LogP) is 4.44. The lowest BCUT2D eigenvalue weighted by molar-refractivity contribution is -0.144. The van der Waals surface area contributed by atoms with Crippen LogP contribution in [-0.4, -0.2) is 39.2 Å². The Morgan fingerprint density at radius 3 is 2.63 bits per heavy atom. The van der Waals surface area contributed by atoms with Gasteiger partial charge < -0.3 is 9.47 Å². The van der Waals surface area contributed by atoms with Gasteiger partial charge in [-0.3, -0.25) is 9.36 Å². The standard InChI is InChI=1S/C19H21N3O3S2/c1-4-24-15-9-7-14(8-10-15)22-18(16-6-5-11-26-16)20-21-19(22)27-12-17(23)25-13(2)3/h5-11,13H,4,12H2,1-3H3. The molecule has 0 amide bonds. The molecule has 0 radical (unpaired) electrons. The van der Waals surface area contributed by atoms with Gasteiger partial charge in [0.15, 0.2) is 11.0 Å². The molecule has 27 heavy (non-hydrogen) atoms. The first-order valence-electron chi connectivity index (χ1n) is 8.63. The zero-order valence-electron chi connectivity index (χ0n) is 15.4. The van der Waals surface area contributed by atoms with Gasteiger partial charge in [0.05, 0.1) is 29.0 Å². The first kappa shape index (κ1) is 19.4. The molecule has 3 rings (SSSR count). The molecule has 0 aliphatic carbocycles. The van der Waals surface area contributed by atoms with Crippen molar-refractivity contribution in [2.75, 3.05) is 12.4 Å². The van der Waals surface area contributed by atoms with Crippen LogP contribution in [0, 0.1) is 0 Å². The largest absolute Gasteiger partial charge is 0.494 e. The first-order chi connectivity index (χ1) is 13.1. The topological polar surface area (TPSA) is 66.2 Å². The molecule has 0 spiro atoms.